The summed E-state index contributed by atoms with van der Waals surface area (Å²) in [6, 6.07) is 8.93. The van der Waals surface area contributed by atoms with Crippen LogP contribution in [0, 0.1) is 0 Å². The highest BCUT2D eigenvalue weighted by Crippen LogP contribution is 2.25. The van der Waals surface area contributed by atoms with Gasteiger partial charge >= 0.3 is 6.09 Å². The number of nitrogens with zero attached hydrogens (tertiary/aromatic N) is 1. The van der Waals surface area contributed by atoms with Crippen LogP contribution in [0.3, 0.4) is 0 Å². The summed E-state index contributed by atoms with van der Waals surface area (Å²) in [6.45, 7) is 10.8. The van der Waals surface area contributed by atoms with Crippen molar-refractivity contribution in [3.05, 3.63) is 30.3 Å². The lowest BCUT2D eigenvalue weighted by molar-refractivity contribution is 0.0609. The highest BCUT2D eigenvalue weighted by molar-refractivity contribution is 7.88. The normalized spacial score (nSPS) is 13.7. The Labute approximate surface area is 123 Å². The van der Waals surface area contributed by atoms with Gasteiger partial charge in [0.1, 0.15) is 16.6 Å². The third kappa shape index (κ3) is 4.63. The van der Waals surface area contributed by atoms with Gasteiger partial charge in [0, 0.05) is 0 Å². The van der Waals surface area contributed by atoms with Crippen molar-refractivity contribution in [3.8, 4) is 0 Å². The molecule has 1 aromatic rings. The highest BCUT2D eigenvalue weighted by Gasteiger charge is 2.34. The number of ether oxygens (including phenoxy) is 1. The zero-order valence-corrected chi connectivity index (χ0v) is 13.8. The molecule has 0 unspecified atom stereocenters. The van der Waals surface area contributed by atoms with Gasteiger partial charge < -0.3 is 4.74 Å². The maximum absolute atomic E-state index is 12.6. The Bertz CT molecular complexity index is 486. The molecular formula is C15H23NO3S. The molecule has 1 aromatic carbocycles. The molecule has 0 fully saturated rings. The minimum Gasteiger partial charge on any atom is -0.443 e. The second-order valence-electron chi connectivity index (χ2n) is 6.47. The quantitative estimate of drug-likeness (QED) is 0.832. The van der Waals surface area contributed by atoms with E-state index >= 15 is 0 Å². The van der Waals surface area contributed by atoms with Crippen LogP contribution in [0.5, 0.6) is 0 Å². The van der Waals surface area contributed by atoms with E-state index in [0.717, 1.165) is 0 Å². The first-order valence-corrected chi connectivity index (χ1v) is 7.63. The third-order valence-corrected chi connectivity index (χ3v) is 3.98. The first kappa shape index (κ1) is 16.7. The average Bonchev–Trinajstić information content (AvgIpc) is 2.26. The Kier molecular flexibility index (Phi) is 4.97. The van der Waals surface area contributed by atoms with E-state index in [1.165, 1.54) is 4.31 Å². The Balaban J connectivity index is 3.16. The Hall–Kier alpha value is -1.36. The van der Waals surface area contributed by atoms with Crippen LogP contribution in [0.2, 0.25) is 0 Å². The van der Waals surface area contributed by atoms with Gasteiger partial charge in [0.2, 0.25) is 0 Å². The SMILES string of the molecule is CC(C)(C)OC(=O)N(c1ccccc1)[S@](=O)C(C)(C)C. The minimum absolute atomic E-state index is 0.563. The summed E-state index contributed by atoms with van der Waals surface area (Å²) in [5.41, 5.74) is -0.0679. The van der Waals surface area contributed by atoms with Gasteiger partial charge in [0.25, 0.3) is 0 Å². The number of carbonyl (C=O) groups is 1. The fraction of sp³-hybridized carbons (Fsp3) is 0.533. The molecule has 0 aliphatic carbocycles. The standard InChI is InChI=1S/C15H23NO3S/c1-14(2,3)19-13(17)16(20(18)15(4,5)6)12-10-8-7-9-11-12/h7-11H,1-6H3/t20-/m1/s1. The summed E-state index contributed by atoms with van der Waals surface area (Å²) in [5, 5.41) is 0. The molecule has 0 radical (unpaired) electrons. The molecule has 20 heavy (non-hydrogen) atoms. The predicted octanol–water partition coefficient (Wildman–Crippen LogP) is 3.89. The molecule has 0 heterocycles. The van der Waals surface area contributed by atoms with E-state index in [4.69, 9.17) is 4.74 Å². The lowest BCUT2D eigenvalue weighted by Crippen LogP contribution is -2.44. The van der Waals surface area contributed by atoms with Gasteiger partial charge in [-0.25, -0.2) is 9.00 Å². The maximum Gasteiger partial charge on any atom is 0.427 e. The van der Waals surface area contributed by atoms with Crippen molar-refractivity contribution in [2.24, 2.45) is 0 Å². The van der Waals surface area contributed by atoms with Gasteiger partial charge in [0.15, 0.2) is 0 Å². The largest absolute Gasteiger partial charge is 0.443 e. The molecule has 5 heteroatoms. The van der Waals surface area contributed by atoms with E-state index < -0.39 is 27.4 Å². The van der Waals surface area contributed by atoms with Crippen molar-refractivity contribution in [2.45, 2.75) is 51.9 Å². The molecule has 0 bridgehead atoms. The topological polar surface area (TPSA) is 46.6 Å². The van der Waals surface area contributed by atoms with Crippen LogP contribution in [0.1, 0.15) is 41.5 Å². The number of hydrogen-bond acceptors (Lipinski definition) is 3. The zero-order valence-electron chi connectivity index (χ0n) is 13.0. The number of carbonyl (C=O) groups excluding carboxylic acids is 1. The van der Waals surface area contributed by atoms with Crippen LogP contribution in [-0.2, 0) is 15.7 Å². The fourth-order valence-corrected chi connectivity index (χ4v) is 2.44. The van der Waals surface area contributed by atoms with Gasteiger partial charge in [0.05, 0.1) is 10.4 Å². The third-order valence-electron chi connectivity index (χ3n) is 2.24. The van der Waals surface area contributed by atoms with Gasteiger partial charge in [-0.15, -0.1) is 0 Å². The first-order valence-electron chi connectivity index (χ1n) is 6.52. The predicted molar refractivity (Wildman–Crippen MR) is 83.1 cm³/mol. The number of benzene rings is 1. The lowest BCUT2D eigenvalue weighted by atomic mass is 10.2. The first-order chi connectivity index (χ1) is 9.02. The van der Waals surface area contributed by atoms with E-state index in [-0.39, 0.29) is 0 Å². The van der Waals surface area contributed by atoms with Gasteiger partial charge in [-0.1, -0.05) is 18.2 Å². The van der Waals surface area contributed by atoms with Crippen LogP contribution in [0.25, 0.3) is 0 Å². The molecule has 0 aliphatic rings. The van der Waals surface area contributed by atoms with Crippen molar-refractivity contribution >= 4 is 22.8 Å². The summed E-state index contributed by atoms with van der Waals surface area (Å²) in [4.78, 5) is 12.4. The number of rotatable bonds is 2. The summed E-state index contributed by atoms with van der Waals surface area (Å²) in [6.07, 6.45) is -0.600. The van der Waals surface area contributed by atoms with E-state index in [1.54, 1.807) is 45.0 Å². The highest BCUT2D eigenvalue weighted by atomic mass is 32.2. The monoisotopic (exact) mass is 297 g/mol. The lowest BCUT2D eigenvalue weighted by Gasteiger charge is -2.30. The van der Waals surface area contributed by atoms with E-state index in [2.05, 4.69) is 0 Å². The summed E-state index contributed by atoms with van der Waals surface area (Å²) < 4.78 is 18.6. The van der Waals surface area contributed by atoms with Gasteiger partial charge in [-0.05, 0) is 53.7 Å². The van der Waals surface area contributed by atoms with Crippen molar-refractivity contribution in [3.63, 3.8) is 0 Å². The van der Waals surface area contributed by atoms with Crippen molar-refractivity contribution in [1.29, 1.82) is 0 Å². The van der Waals surface area contributed by atoms with Gasteiger partial charge in [-0.3, -0.25) is 0 Å². The smallest absolute Gasteiger partial charge is 0.427 e. The van der Waals surface area contributed by atoms with Crippen LogP contribution >= 0.6 is 0 Å². The van der Waals surface area contributed by atoms with Crippen molar-refractivity contribution in [1.82, 2.24) is 0 Å². The van der Waals surface area contributed by atoms with Crippen LogP contribution in [0.15, 0.2) is 30.3 Å². The van der Waals surface area contributed by atoms with E-state index in [1.807, 2.05) is 26.8 Å². The summed E-state index contributed by atoms with van der Waals surface area (Å²) in [7, 11) is -1.53. The zero-order chi connectivity index (χ0) is 15.6. The number of amides is 1. The molecule has 1 rings (SSSR count). The molecule has 4 nitrogen and oxygen atoms in total. The van der Waals surface area contributed by atoms with E-state index in [0.29, 0.717) is 5.69 Å². The molecule has 0 N–H and O–H groups in total. The van der Waals surface area contributed by atoms with Crippen molar-refractivity contribution < 1.29 is 13.7 Å². The molecule has 112 valence electrons. The summed E-state index contributed by atoms with van der Waals surface area (Å²) >= 11 is 0. The second-order valence-corrected chi connectivity index (χ2v) is 8.56. The van der Waals surface area contributed by atoms with Crippen LogP contribution in [0.4, 0.5) is 10.5 Å². The summed E-state index contributed by atoms with van der Waals surface area (Å²) in [5.74, 6) is 0. The number of hydrogen-bond donors (Lipinski definition) is 0. The Morgan fingerprint density at radius 2 is 1.55 bits per heavy atom. The molecule has 1 atom stereocenters. The maximum atomic E-state index is 12.6. The van der Waals surface area contributed by atoms with Crippen LogP contribution < -0.4 is 4.31 Å². The fourth-order valence-electron chi connectivity index (χ4n) is 1.41. The molecule has 1 amide bonds. The molecule has 0 spiro atoms. The molecule has 0 aromatic heterocycles. The number of para-hydroxylation sites is 1. The molecule has 0 saturated carbocycles. The number of anilines is 1. The molecule has 0 saturated heterocycles. The minimum atomic E-state index is -1.53. The van der Waals surface area contributed by atoms with Gasteiger partial charge in [-0.2, -0.15) is 4.31 Å². The Morgan fingerprint density at radius 1 is 1.05 bits per heavy atom. The second kappa shape index (κ2) is 5.95. The average molecular weight is 297 g/mol. The van der Waals surface area contributed by atoms with Crippen LogP contribution in [-0.4, -0.2) is 20.7 Å². The van der Waals surface area contributed by atoms with E-state index in [9.17, 15) is 9.00 Å². The Morgan fingerprint density at radius 3 is 1.95 bits per heavy atom. The molecule has 0 aliphatic heterocycles. The van der Waals surface area contributed by atoms with Crippen molar-refractivity contribution in [2.75, 3.05) is 4.31 Å². The molecular weight excluding hydrogens is 274 g/mol.